The molecule has 33 heavy (non-hydrogen) atoms. The fourth-order valence-electron chi connectivity index (χ4n) is 3.53. The molecule has 8 heteroatoms. The minimum atomic E-state index is -0.703. The summed E-state index contributed by atoms with van der Waals surface area (Å²) in [6, 6.07) is 15.4. The van der Waals surface area contributed by atoms with Crippen molar-refractivity contribution in [3.8, 4) is 0 Å². The Morgan fingerprint density at radius 2 is 1.85 bits per heavy atom. The Labute approximate surface area is 194 Å². The van der Waals surface area contributed by atoms with Gasteiger partial charge in [0.2, 0.25) is 5.78 Å². The van der Waals surface area contributed by atoms with Gasteiger partial charge >= 0.3 is 5.97 Å². The number of hydrogen-bond acceptors (Lipinski definition) is 6. The molecule has 0 fully saturated rings. The molecule has 0 saturated heterocycles. The lowest BCUT2D eigenvalue weighted by atomic mass is 10.1. The van der Waals surface area contributed by atoms with Crippen LogP contribution in [0.4, 0.5) is 5.69 Å². The summed E-state index contributed by atoms with van der Waals surface area (Å²) in [4.78, 5) is 39.0. The molecular formula is C25H22N2O5S. The molecule has 3 heterocycles. The molecule has 0 aliphatic rings. The summed E-state index contributed by atoms with van der Waals surface area (Å²) in [6.45, 7) is 4.12. The maximum absolute atomic E-state index is 12.8. The normalized spacial score (nSPS) is 10.7. The van der Waals surface area contributed by atoms with Crippen LogP contribution in [0.5, 0.6) is 0 Å². The molecule has 168 valence electrons. The summed E-state index contributed by atoms with van der Waals surface area (Å²) in [6.07, 6.45) is 1.39. The van der Waals surface area contributed by atoms with Gasteiger partial charge in [-0.05, 0) is 55.6 Å². The zero-order chi connectivity index (χ0) is 23.4. The van der Waals surface area contributed by atoms with Gasteiger partial charge in [0, 0.05) is 21.8 Å². The van der Waals surface area contributed by atoms with Crippen molar-refractivity contribution in [2.24, 2.45) is 0 Å². The lowest BCUT2D eigenvalue weighted by Gasteiger charge is -2.10. The van der Waals surface area contributed by atoms with Crippen LogP contribution in [0.1, 0.15) is 47.5 Å². The van der Waals surface area contributed by atoms with E-state index in [1.165, 1.54) is 23.3 Å². The molecule has 1 aromatic carbocycles. The summed E-state index contributed by atoms with van der Waals surface area (Å²) < 4.78 is 12.4. The number of hydrogen-bond donors (Lipinski definition) is 1. The number of benzene rings is 1. The largest absolute Gasteiger partial charge is 0.459 e. The van der Waals surface area contributed by atoms with E-state index in [2.05, 4.69) is 16.0 Å². The van der Waals surface area contributed by atoms with Gasteiger partial charge in [0.25, 0.3) is 5.91 Å². The molecule has 4 aromatic rings. The Morgan fingerprint density at radius 3 is 2.58 bits per heavy atom. The van der Waals surface area contributed by atoms with E-state index in [9.17, 15) is 14.4 Å². The number of amides is 1. The topological polar surface area (TPSA) is 90.5 Å². The first-order chi connectivity index (χ1) is 15.9. The van der Waals surface area contributed by atoms with Crippen LogP contribution in [0, 0.1) is 13.8 Å². The second-order valence-corrected chi connectivity index (χ2v) is 8.46. The maximum Gasteiger partial charge on any atom is 0.340 e. The molecule has 1 amide bonds. The highest BCUT2D eigenvalue weighted by Crippen LogP contribution is 2.21. The number of furan rings is 1. The van der Waals surface area contributed by atoms with Gasteiger partial charge in [-0.3, -0.25) is 9.59 Å². The predicted molar refractivity (Wildman–Crippen MR) is 125 cm³/mol. The molecule has 0 radical (unpaired) electrons. The summed E-state index contributed by atoms with van der Waals surface area (Å²) in [5.74, 6) is -1.36. The van der Waals surface area contributed by atoms with Crippen LogP contribution in [-0.4, -0.2) is 28.8 Å². The Bertz CT molecular complexity index is 1290. The fraction of sp³-hybridized carbons (Fsp3) is 0.160. The number of ether oxygens (including phenoxy) is 1. The molecule has 0 atom stereocenters. The smallest absolute Gasteiger partial charge is 0.340 e. The van der Waals surface area contributed by atoms with Gasteiger partial charge in [0.15, 0.2) is 12.4 Å². The zero-order valence-electron chi connectivity index (χ0n) is 18.2. The molecular weight excluding hydrogens is 440 g/mol. The average Bonchev–Trinajstić information content (AvgIpc) is 3.57. The van der Waals surface area contributed by atoms with Gasteiger partial charge in [0.05, 0.1) is 24.1 Å². The number of carbonyl (C=O) groups is 3. The fourth-order valence-corrected chi connectivity index (χ4v) is 4.23. The van der Waals surface area contributed by atoms with Crippen molar-refractivity contribution in [3.63, 3.8) is 0 Å². The summed E-state index contributed by atoms with van der Waals surface area (Å²) >= 11 is 1.66. The first-order valence-electron chi connectivity index (χ1n) is 10.3. The molecule has 7 nitrogen and oxygen atoms in total. The SMILES string of the molecule is Cc1cc(C(=O)COC(=O)c2ccccc2NC(=O)c2ccco2)c(C)n1Cc1cccs1. The van der Waals surface area contributed by atoms with Crippen molar-refractivity contribution in [3.05, 3.63) is 99.4 Å². The number of nitrogens with one attached hydrogen (secondary N) is 1. The number of esters is 1. The summed E-state index contributed by atoms with van der Waals surface area (Å²) in [5.41, 5.74) is 2.73. The van der Waals surface area contributed by atoms with Gasteiger partial charge in [-0.25, -0.2) is 4.79 Å². The maximum atomic E-state index is 12.8. The number of ketones is 1. The van der Waals surface area contributed by atoms with Crippen LogP contribution in [0.2, 0.25) is 0 Å². The van der Waals surface area contributed by atoms with Crippen LogP contribution < -0.4 is 5.32 Å². The third-order valence-corrected chi connectivity index (χ3v) is 6.10. The van der Waals surface area contributed by atoms with Crippen LogP contribution in [0.3, 0.4) is 0 Å². The van der Waals surface area contributed by atoms with Crippen molar-refractivity contribution < 1.29 is 23.5 Å². The first kappa shape index (κ1) is 22.3. The van der Waals surface area contributed by atoms with E-state index < -0.39 is 18.5 Å². The highest BCUT2D eigenvalue weighted by Gasteiger charge is 2.20. The van der Waals surface area contributed by atoms with Gasteiger partial charge < -0.3 is 19.0 Å². The quantitative estimate of drug-likeness (QED) is 0.291. The van der Waals surface area contributed by atoms with Crippen molar-refractivity contribution in [2.45, 2.75) is 20.4 Å². The Hall–Kier alpha value is -3.91. The minimum Gasteiger partial charge on any atom is -0.459 e. The second-order valence-electron chi connectivity index (χ2n) is 7.43. The predicted octanol–water partition coefficient (Wildman–Crippen LogP) is 5.10. The summed E-state index contributed by atoms with van der Waals surface area (Å²) in [7, 11) is 0. The van der Waals surface area contributed by atoms with E-state index in [0.29, 0.717) is 12.1 Å². The van der Waals surface area contributed by atoms with E-state index >= 15 is 0 Å². The van der Waals surface area contributed by atoms with Crippen molar-refractivity contribution in [1.82, 2.24) is 4.57 Å². The third kappa shape index (κ3) is 4.96. The number of thiophene rings is 1. The third-order valence-electron chi connectivity index (χ3n) is 5.24. The van der Waals surface area contributed by atoms with Crippen LogP contribution in [0.25, 0.3) is 0 Å². The Kier molecular flexibility index (Phi) is 6.55. The van der Waals surface area contributed by atoms with E-state index in [-0.39, 0.29) is 22.8 Å². The Morgan fingerprint density at radius 1 is 1.03 bits per heavy atom. The lowest BCUT2D eigenvalue weighted by molar-refractivity contribution is 0.0475. The molecule has 0 aliphatic carbocycles. The number of carbonyl (C=O) groups excluding carboxylic acids is 3. The van der Waals surface area contributed by atoms with E-state index in [1.54, 1.807) is 35.6 Å². The molecule has 0 unspecified atom stereocenters. The molecule has 0 aliphatic heterocycles. The van der Waals surface area contributed by atoms with E-state index in [1.807, 2.05) is 31.4 Å². The minimum absolute atomic E-state index is 0.117. The number of anilines is 1. The number of aromatic nitrogens is 1. The van der Waals surface area contributed by atoms with Crippen molar-refractivity contribution in [2.75, 3.05) is 11.9 Å². The lowest BCUT2D eigenvalue weighted by Crippen LogP contribution is -2.18. The first-order valence-corrected chi connectivity index (χ1v) is 11.2. The van der Waals surface area contributed by atoms with Gasteiger partial charge in [0.1, 0.15) is 0 Å². The highest BCUT2D eigenvalue weighted by molar-refractivity contribution is 7.09. The van der Waals surface area contributed by atoms with E-state index in [4.69, 9.17) is 9.15 Å². The van der Waals surface area contributed by atoms with Gasteiger partial charge in [-0.1, -0.05) is 18.2 Å². The number of para-hydroxylation sites is 1. The number of nitrogens with zero attached hydrogens (tertiary/aromatic N) is 1. The number of rotatable bonds is 8. The molecule has 0 bridgehead atoms. The Balaban J connectivity index is 1.43. The molecule has 0 saturated carbocycles. The molecule has 4 rings (SSSR count). The molecule has 3 aromatic heterocycles. The standard InChI is InChI=1S/C25H22N2O5S/c1-16-13-20(17(2)27(16)14-18-7-6-12-33-18)22(28)15-32-25(30)19-8-3-4-9-21(19)26-24(29)23-10-5-11-31-23/h3-13H,14-15H2,1-2H3,(H,26,29). The average molecular weight is 463 g/mol. The number of Topliss-reactive ketones (excluding diaryl/α,β-unsaturated/α-hetero) is 1. The molecule has 1 N–H and O–H groups in total. The number of aryl methyl sites for hydroxylation is 1. The van der Waals surface area contributed by atoms with Gasteiger partial charge in [-0.2, -0.15) is 0 Å². The van der Waals surface area contributed by atoms with Crippen molar-refractivity contribution >= 4 is 34.7 Å². The van der Waals surface area contributed by atoms with Gasteiger partial charge in [-0.15, -0.1) is 11.3 Å². The van der Waals surface area contributed by atoms with Crippen LogP contribution in [0.15, 0.2) is 70.7 Å². The summed E-state index contributed by atoms with van der Waals surface area (Å²) in [5, 5.41) is 4.65. The van der Waals surface area contributed by atoms with Crippen LogP contribution >= 0.6 is 11.3 Å². The van der Waals surface area contributed by atoms with Crippen molar-refractivity contribution in [1.29, 1.82) is 0 Å². The monoisotopic (exact) mass is 462 g/mol. The molecule has 0 spiro atoms. The van der Waals surface area contributed by atoms with Crippen LogP contribution in [-0.2, 0) is 11.3 Å². The second kappa shape index (κ2) is 9.70. The zero-order valence-corrected chi connectivity index (χ0v) is 19.0. The van der Waals surface area contributed by atoms with E-state index in [0.717, 1.165) is 11.4 Å². The highest BCUT2D eigenvalue weighted by atomic mass is 32.1.